The van der Waals surface area contributed by atoms with Crippen molar-refractivity contribution in [3.8, 4) is 11.5 Å². The zero-order valence-electron chi connectivity index (χ0n) is 9.32. The number of methoxy groups -OCH3 is 2. The second-order valence-corrected chi connectivity index (χ2v) is 3.14. The fourth-order valence-electron chi connectivity index (χ4n) is 1.31. The van der Waals surface area contributed by atoms with E-state index in [1.54, 1.807) is 18.2 Å². The van der Waals surface area contributed by atoms with E-state index in [9.17, 15) is 9.90 Å². The van der Waals surface area contributed by atoms with Gasteiger partial charge in [-0.2, -0.15) is 0 Å². The third-order valence-corrected chi connectivity index (χ3v) is 2.15. The molecule has 1 aromatic carbocycles. The van der Waals surface area contributed by atoms with Gasteiger partial charge in [0.15, 0.2) is 11.5 Å². The number of ether oxygens (including phenoxy) is 2. The van der Waals surface area contributed by atoms with Crippen molar-refractivity contribution in [1.82, 2.24) is 5.32 Å². The molecule has 1 amide bonds. The molecule has 0 atom stereocenters. The van der Waals surface area contributed by atoms with E-state index in [1.807, 2.05) is 0 Å². The van der Waals surface area contributed by atoms with E-state index in [4.69, 9.17) is 4.74 Å². The third-order valence-electron chi connectivity index (χ3n) is 2.15. The van der Waals surface area contributed by atoms with Crippen molar-refractivity contribution in [3.05, 3.63) is 23.8 Å². The zero-order valence-corrected chi connectivity index (χ0v) is 9.32. The Morgan fingerprint density at radius 3 is 2.81 bits per heavy atom. The lowest BCUT2D eigenvalue weighted by Crippen LogP contribution is -2.25. The molecule has 0 aromatic heterocycles. The largest absolute Gasteiger partial charge is 0.504 e. The maximum absolute atomic E-state index is 10.8. The van der Waals surface area contributed by atoms with Gasteiger partial charge in [0.25, 0.3) is 0 Å². The summed E-state index contributed by atoms with van der Waals surface area (Å²) in [4.78, 5) is 10.8. The van der Waals surface area contributed by atoms with Crippen LogP contribution in [0.5, 0.6) is 11.5 Å². The van der Waals surface area contributed by atoms with Gasteiger partial charge < -0.3 is 19.9 Å². The summed E-state index contributed by atoms with van der Waals surface area (Å²) in [7, 11) is 2.80. The van der Waals surface area contributed by atoms with Gasteiger partial charge in [-0.25, -0.2) is 4.79 Å². The normalized spacial score (nSPS) is 9.62. The van der Waals surface area contributed by atoms with E-state index < -0.39 is 6.09 Å². The molecule has 0 aliphatic heterocycles. The number of alkyl carbamates (subject to hydrolysis) is 1. The smallest absolute Gasteiger partial charge is 0.406 e. The van der Waals surface area contributed by atoms with Gasteiger partial charge in [-0.15, -0.1) is 0 Å². The third kappa shape index (κ3) is 3.05. The summed E-state index contributed by atoms with van der Waals surface area (Å²) in [5.74, 6) is 0.534. The van der Waals surface area contributed by atoms with Crippen LogP contribution in [0.2, 0.25) is 0 Å². The quantitative estimate of drug-likeness (QED) is 0.810. The van der Waals surface area contributed by atoms with Crippen LogP contribution < -0.4 is 10.1 Å². The number of aromatic hydroxyl groups is 1. The fourth-order valence-corrected chi connectivity index (χ4v) is 1.31. The molecular formula is C11H15NO4. The number of phenolic OH excluding ortho intramolecular Hbond substituents is 1. The average Bonchev–Trinajstić information content (AvgIpc) is 2.31. The van der Waals surface area contributed by atoms with E-state index in [0.29, 0.717) is 18.7 Å². The van der Waals surface area contributed by atoms with Gasteiger partial charge >= 0.3 is 6.09 Å². The highest BCUT2D eigenvalue weighted by Gasteiger charge is 2.07. The molecule has 88 valence electrons. The van der Waals surface area contributed by atoms with Crippen LogP contribution in [-0.2, 0) is 11.2 Å². The van der Waals surface area contributed by atoms with Crippen LogP contribution in [0.15, 0.2) is 18.2 Å². The molecule has 0 heterocycles. The molecule has 2 N–H and O–H groups in total. The van der Waals surface area contributed by atoms with Crippen LogP contribution in [0.4, 0.5) is 4.79 Å². The molecule has 0 fully saturated rings. The van der Waals surface area contributed by atoms with Crippen molar-refractivity contribution in [2.24, 2.45) is 0 Å². The molecule has 5 nitrogen and oxygen atoms in total. The summed E-state index contributed by atoms with van der Waals surface area (Å²) >= 11 is 0. The van der Waals surface area contributed by atoms with E-state index in [0.717, 1.165) is 5.56 Å². The predicted octanol–water partition coefficient (Wildman–Crippen LogP) is 1.30. The average molecular weight is 225 g/mol. The Bertz CT molecular complexity index is 365. The molecule has 5 heteroatoms. The predicted molar refractivity (Wildman–Crippen MR) is 58.8 cm³/mol. The van der Waals surface area contributed by atoms with Gasteiger partial charge in [0.2, 0.25) is 0 Å². The number of amides is 1. The van der Waals surface area contributed by atoms with Gasteiger partial charge in [-0.3, -0.25) is 0 Å². The van der Waals surface area contributed by atoms with E-state index in [-0.39, 0.29) is 5.75 Å². The first-order valence-corrected chi connectivity index (χ1v) is 4.85. The summed E-state index contributed by atoms with van der Waals surface area (Å²) in [6.45, 7) is 0.396. The first kappa shape index (κ1) is 12.2. The highest BCUT2D eigenvalue weighted by atomic mass is 16.5. The summed E-state index contributed by atoms with van der Waals surface area (Å²) < 4.78 is 9.40. The summed E-state index contributed by atoms with van der Waals surface area (Å²) in [6, 6.07) is 5.23. The van der Waals surface area contributed by atoms with E-state index >= 15 is 0 Å². The van der Waals surface area contributed by atoms with Crippen LogP contribution >= 0.6 is 0 Å². The van der Waals surface area contributed by atoms with Crippen LogP contribution in [0.3, 0.4) is 0 Å². The Hall–Kier alpha value is -1.91. The summed E-state index contributed by atoms with van der Waals surface area (Å²) in [6.07, 6.45) is 0.0281. The minimum Gasteiger partial charge on any atom is -0.504 e. The zero-order chi connectivity index (χ0) is 12.0. The Balaban J connectivity index is 2.57. The molecule has 0 saturated heterocycles. The van der Waals surface area contributed by atoms with Gasteiger partial charge in [0, 0.05) is 6.54 Å². The number of para-hydroxylation sites is 1. The molecule has 0 unspecified atom stereocenters. The lowest BCUT2D eigenvalue weighted by molar-refractivity contribution is 0.171. The first-order chi connectivity index (χ1) is 7.69. The number of nitrogens with one attached hydrogen (secondary N) is 1. The van der Waals surface area contributed by atoms with Crippen molar-refractivity contribution in [2.75, 3.05) is 20.8 Å². The minimum absolute atomic E-state index is 0.108. The number of hydrogen-bond acceptors (Lipinski definition) is 4. The minimum atomic E-state index is -0.484. The highest BCUT2D eigenvalue weighted by molar-refractivity contribution is 5.66. The number of carbonyl (C=O) groups excluding carboxylic acids is 1. The van der Waals surface area contributed by atoms with Gasteiger partial charge in [-0.1, -0.05) is 12.1 Å². The molecule has 0 aliphatic rings. The molecule has 16 heavy (non-hydrogen) atoms. The topological polar surface area (TPSA) is 67.8 Å². The number of phenols is 1. The monoisotopic (exact) mass is 225 g/mol. The Kier molecular flexibility index (Phi) is 4.44. The van der Waals surface area contributed by atoms with Crippen molar-refractivity contribution in [3.63, 3.8) is 0 Å². The SMILES string of the molecule is COC(=O)NCCc1cccc(OC)c1O. The first-order valence-electron chi connectivity index (χ1n) is 4.85. The van der Waals surface area contributed by atoms with Gasteiger partial charge in [-0.05, 0) is 18.1 Å². The van der Waals surface area contributed by atoms with Crippen LogP contribution in [-0.4, -0.2) is 32.0 Å². The van der Waals surface area contributed by atoms with Crippen LogP contribution in [0.1, 0.15) is 5.56 Å². The molecule has 0 radical (unpaired) electrons. The summed E-state index contributed by atoms with van der Waals surface area (Å²) in [5, 5.41) is 12.3. The van der Waals surface area contributed by atoms with E-state index in [1.165, 1.54) is 14.2 Å². The molecule has 0 spiro atoms. The molecule has 0 aliphatic carbocycles. The second-order valence-electron chi connectivity index (χ2n) is 3.14. The maximum atomic E-state index is 10.8. The Labute approximate surface area is 94.0 Å². The van der Waals surface area contributed by atoms with E-state index in [2.05, 4.69) is 10.1 Å². The fraction of sp³-hybridized carbons (Fsp3) is 0.364. The van der Waals surface area contributed by atoms with Crippen LogP contribution in [0, 0.1) is 0 Å². The molecule has 0 bridgehead atoms. The lowest BCUT2D eigenvalue weighted by Gasteiger charge is -2.08. The molecule has 0 saturated carbocycles. The Morgan fingerprint density at radius 1 is 1.44 bits per heavy atom. The number of rotatable bonds is 4. The number of hydrogen-bond donors (Lipinski definition) is 2. The van der Waals surface area contributed by atoms with Crippen molar-refractivity contribution < 1.29 is 19.4 Å². The highest BCUT2D eigenvalue weighted by Crippen LogP contribution is 2.29. The van der Waals surface area contributed by atoms with Crippen molar-refractivity contribution in [1.29, 1.82) is 0 Å². The number of benzene rings is 1. The maximum Gasteiger partial charge on any atom is 0.406 e. The summed E-state index contributed by atoms with van der Waals surface area (Å²) in [5.41, 5.74) is 0.718. The van der Waals surface area contributed by atoms with Crippen molar-refractivity contribution in [2.45, 2.75) is 6.42 Å². The van der Waals surface area contributed by atoms with Crippen LogP contribution in [0.25, 0.3) is 0 Å². The second kappa shape index (κ2) is 5.85. The standard InChI is InChI=1S/C11H15NO4/c1-15-9-5-3-4-8(10(9)13)6-7-12-11(14)16-2/h3-5,13H,6-7H2,1-2H3,(H,12,14). The van der Waals surface area contributed by atoms with Crippen molar-refractivity contribution >= 4 is 6.09 Å². The molecular weight excluding hydrogens is 210 g/mol. The molecule has 1 aromatic rings. The molecule has 1 rings (SSSR count). The number of carbonyl (C=O) groups is 1. The van der Waals surface area contributed by atoms with Gasteiger partial charge in [0.1, 0.15) is 0 Å². The van der Waals surface area contributed by atoms with Gasteiger partial charge in [0.05, 0.1) is 14.2 Å². The Morgan fingerprint density at radius 2 is 2.19 bits per heavy atom. The lowest BCUT2D eigenvalue weighted by atomic mass is 10.1.